The number of rotatable bonds is 7. The summed E-state index contributed by atoms with van der Waals surface area (Å²) in [6, 6.07) is 5.78. The van der Waals surface area contributed by atoms with E-state index in [0.717, 1.165) is 16.8 Å². The molecular formula is C16H23N3O2. The lowest BCUT2D eigenvalue weighted by Gasteiger charge is -2.16. The summed E-state index contributed by atoms with van der Waals surface area (Å²) in [5, 5.41) is 5.54. The van der Waals surface area contributed by atoms with Crippen molar-refractivity contribution in [3.05, 3.63) is 42.0 Å². The topological polar surface area (TPSA) is 61.4 Å². The first-order valence-corrected chi connectivity index (χ1v) is 6.86. The number of carbonyl (C=O) groups is 2. The quantitative estimate of drug-likeness (QED) is 0.747. The van der Waals surface area contributed by atoms with Crippen molar-refractivity contribution in [3.8, 4) is 0 Å². The fraction of sp³-hybridized carbons (Fsp3) is 0.375. The monoisotopic (exact) mass is 289 g/mol. The Morgan fingerprint density at radius 3 is 2.57 bits per heavy atom. The second kappa shape index (κ2) is 8.21. The number of anilines is 1. The van der Waals surface area contributed by atoms with Crippen molar-refractivity contribution in [3.63, 3.8) is 0 Å². The standard InChI is InChI=1S/C16H23N3O2/c1-5-9-17-15(20)10-19(4)11-16(21)18-14-8-6-7-12(2)13(14)3/h5-8H,1,9-11H2,2-4H3,(H,17,20)(H,18,21). The van der Waals surface area contributed by atoms with Gasteiger partial charge in [0.2, 0.25) is 11.8 Å². The van der Waals surface area contributed by atoms with Crippen LogP contribution >= 0.6 is 0 Å². The van der Waals surface area contributed by atoms with Crippen LogP contribution in [0.3, 0.4) is 0 Å². The zero-order valence-corrected chi connectivity index (χ0v) is 12.9. The summed E-state index contributed by atoms with van der Waals surface area (Å²) in [4.78, 5) is 25.2. The normalized spacial score (nSPS) is 10.3. The molecule has 0 aliphatic rings. The predicted molar refractivity (Wildman–Crippen MR) is 85.2 cm³/mol. The summed E-state index contributed by atoms with van der Waals surface area (Å²) < 4.78 is 0. The molecule has 0 atom stereocenters. The number of nitrogens with one attached hydrogen (secondary N) is 2. The van der Waals surface area contributed by atoms with Crippen molar-refractivity contribution in [2.45, 2.75) is 13.8 Å². The van der Waals surface area contributed by atoms with E-state index >= 15 is 0 Å². The molecule has 1 rings (SSSR count). The van der Waals surface area contributed by atoms with E-state index in [-0.39, 0.29) is 24.9 Å². The third kappa shape index (κ3) is 5.79. The SMILES string of the molecule is C=CCNC(=O)CN(C)CC(=O)Nc1cccc(C)c1C. The molecule has 21 heavy (non-hydrogen) atoms. The van der Waals surface area contributed by atoms with Crippen LogP contribution in [0, 0.1) is 13.8 Å². The fourth-order valence-electron chi connectivity index (χ4n) is 1.86. The summed E-state index contributed by atoms with van der Waals surface area (Å²) >= 11 is 0. The summed E-state index contributed by atoms with van der Waals surface area (Å²) in [5.41, 5.74) is 2.99. The van der Waals surface area contributed by atoms with Crippen molar-refractivity contribution in [1.82, 2.24) is 10.2 Å². The Kier molecular flexibility index (Phi) is 6.62. The van der Waals surface area contributed by atoms with Crippen LogP contribution in [0.5, 0.6) is 0 Å². The lowest BCUT2D eigenvalue weighted by Crippen LogP contribution is -2.39. The Morgan fingerprint density at radius 1 is 1.24 bits per heavy atom. The van der Waals surface area contributed by atoms with E-state index in [0.29, 0.717) is 6.54 Å². The molecule has 0 aliphatic carbocycles. The summed E-state index contributed by atoms with van der Waals surface area (Å²) in [5.74, 6) is -0.264. The summed E-state index contributed by atoms with van der Waals surface area (Å²) in [6.45, 7) is 8.27. The Labute approximate surface area is 126 Å². The predicted octanol–water partition coefficient (Wildman–Crippen LogP) is 1.48. The first kappa shape index (κ1) is 16.9. The van der Waals surface area contributed by atoms with E-state index in [1.165, 1.54) is 0 Å². The Balaban J connectivity index is 2.48. The van der Waals surface area contributed by atoms with Gasteiger partial charge in [-0.3, -0.25) is 14.5 Å². The third-order valence-electron chi connectivity index (χ3n) is 3.15. The molecule has 2 N–H and O–H groups in total. The van der Waals surface area contributed by atoms with Gasteiger partial charge < -0.3 is 10.6 Å². The van der Waals surface area contributed by atoms with Gasteiger partial charge in [0.15, 0.2) is 0 Å². The zero-order chi connectivity index (χ0) is 15.8. The van der Waals surface area contributed by atoms with E-state index in [9.17, 15) is 9.59 Å². The smallest absolute Gasteiger partial charge is 0.238 e. The minimum Gasteiger partial charge on any atom is -0.352 e. The van der Waals surface area contributed by atoms with Crippen LogP contribution in [0.4, 0.5) is 5.69 Å². The number of benzene rings is 1. The molecule has 0 saturated heterocycles. The Morgan fingerprint density at radius 2 is 1.90 bits per heavy atom. The first-order valence-electron chi connectivity index (χ1n) is 6.86. The number of amides is 2. The molecule has 0 heterocycles. The number of aryl methyl sites for hydroxylation is 1. The van der Waals surface area contributed by atoms with Crippen LogP contribution in [0.2, 0.25) is 0 Å². The lowest BCUT2D eigenvalue weighted by molar-refractivity contribution is -0.122. The third-order valence-corrected chi connectivity index (χ3v) is 3.15. The molecule has 0 unspecified atom stereocenters. The van der Waals surface area contributed by atoms with E-state index in [2.05, 4.69) is 17.2 Å². The van der Waals surface area contributed by atoms with Gasteiger partial charge in [-0.05, 0) is 38.1 Å². The average Bonchev–Trinajstić information content (AvgIpc) is 2.41. The van der Waals surface area contributed by atoms with Crippen LogP contribution in [-0.4, -0.2) is 43.4 Å². The molecule has 2 amide bonds. The van der Waals surface area contributed by atoms with Gasteiger partial charge in [0.05, 0.1) is 13.1 Å². The Bertz CT molecular complexity index is 526. The van der Waals surface area contributed by atoms with Gasteiger partial charge in [-0.15, -0.1) is 6.58 Å². The van der Waals surface area contributed by atoms with Gasteiger partial charge in [-0.2, -0.15) is 0 Å². The van der Waals surface area contributed by atoms with Crippen molar-refractivity contribution in [2.75, 3.05) is 32.0 Å². The van der Waals surface area contributed by atoms with Crippen molar-refractivity contribution >= 4 is 17.5 Å². The van der Waals surface area contributed by atoms with Gasteiger partial charge in [-0.1, -0.05) is 18.2 Å². The molecule has 0 bridgehead atoms. The molecule has 0 saturated carbocycles. The summed E-state index contributed by atoms with van der Waals surface area (Å²) in [7, 11) is 1.73. The van der Waals surface area contributed by atoms with E-state index in [1.54, 1.807) is 18.0 Å². The fourth-order valence-corrected chi connectivity index (χ4v) is 1.86. The molecule has 1 aromatic rings. The molecule has 5 nitrogen and oxygen atoms in total. The summed E-state index contributed by atoms with van der Waals surface area (Å²) in [6.07, 6.45) is 1.62. The molecule has 0 fully saturated rings. The zero-order valence-electron chi connectivity index (χ0n) is 12.9. The number of hydrogen-bond acceptors (Lipinski definition) is 3. The minimum atomic E-state index is -0.136. The number of likely N-dealkylation sites (N-methyl/N-ethyl adjacent to an activating group) is 1. The van der Waals surface area contributed by atoms with E-state index in [4.69, 9.17) is 0 Å². The lowest BCUT2D eigenvalue weighted by atomic mass is 10.1. The van der Waals surface area contributed by atoms with Crippen LogP contribution in [0.15, 0.2) is 30.9 Å². The highest BCUT2D eigenvalue weighted by Gasteiger charge is 2.11. The van der Waals surface area contributed by atoms with Crippen LogP contribution < -0.4 is 10.6 Å². The van der Waals surface area contributed by atoms with Crippen molar-refractivity contribution < 1.29 is 9.59 Å². The second-order valence-corrected chi connectivity index (χ2v) is 5.06. The molecule has 114 valence electrons. The average molecular weight is 289 g/mol. The first-order chi connectivity index (χ1) is 9.93. The van der Waals surface area contributed by atoms with Gasteiger partial charge in [0.25, 0.3) is 0 Å². The maximum absolute atomic E-state index is 12.0. The highest BCUT2D eigenvalue weighted by molar-refractivity contribution is 5.93. The maximum Gasteiger partial charge on any atom is 0.238 e. The van der Waals surface area contributed by atoms with E-state index in [1.807, 2.05) is 32.0 Å². The van der Waals surface area contributed by atoms with Gasteiger partial charge in [0, 0.05) is 12.2 Å². The highest BCUT2D eigenvalue weighted by Crippen LogP contribution is 2.17. The molecule has 0 aliphatic heterocycles. The second-order valence-electron chi connectivity index (χ2n) is 5.06. The van der Waals surface area contributed by atoms with Crippen LogP contribution in [-0.2, 0) is 9.59 Å². The highest BCUT2D eigenvalue weighted by atomic mass is 16.2. The number of nitrogens with zero attached hydrogens (tertiary/aromatic N) is 1. The van der Waals surface area contributed by atoms with Gasteiger partial charge >= 0.3 is 0 Å². The maximum atomic E-state index is 12.0. The van der Waals surface area contributed by atoms with Crippen LogP contribution in [0.25, 0.3) is 0 Å². The largest absolute Gasteiger partial charge is 0.352 e. The molecular weight excluding hydrogens is 266 g/mol. The molecule has 0 aromatic heterocycles. The number of hydrogen-bond donors (Lipinski definition) is 2. The Hall–Kier alpha value is -2.14. The van der Waals surface area contributed by atoms with Crippen molar-refractivity contribution in [1.29, 1.82) is 0 Å². The van der Waals surface area contributed by atoms with Gasteiger partial charge in [0.1, 0.15) is 0 Å². The molecule has 1 aromatic carbocycles. The van der Waals surface area contributed by atoms with Crippen molar-refractivity contribution in [2.24, 2.45) is 0 Å². The number of carbonyl (C=O) groups excluding carboxylic acids is 2. The minimum absolute atomic E-state index is 0.128. The van der Waals surface area contributed by atoms with Gasteiger partial charge in [-0.25, -0.2) is 0 Å². The molecule has 0 spiro atoms. The van der Waals surface area contributed by atoms with E-state index < -0.39 is 0 Å². The molecule has 0 radical (unpaired) electrons. The van der Waals surface area contributed by atoms with Crippen LogP contribution in [0.1, 0.15) is 11.1 Å². The molecule has 5 heteroatoms.